The van der Waals surface area contributed by atoms with Crippen molar-refractivity contribution in [2.24, 2.45) is 0 Å². The van der Waals surface area contributed by atoms with Crippen molar-refractivity contribution < 1.29 is 14.4 Å². The van der Waals surface area contributed by atoms with Crippen LogP contribution in [0.25, 0.3) is 0 Å². The smallest absolute Gasteiger partial charge is 0.322 e. The molecule has 0 bridgehead atoms. The minimum Gasteiger partial charge on any atom is -0.368 e. The second kappa shape index (κ2) is 8.72. The number of urea groups is 1. The summed E-state index contributed by atoms with van der Waals surface area (Å²) in [6.07, 6.45) is 3.39. The number of nitrogens with one attached hydrogen (secondary N) is 2. The Balaban J connectivity index is 1.39. The number of benzene rings is 1. The first-order valence-corrected chi connectivity index (χ1v) is 10.7. The van der Waals surface area contributed by atoms with Gasteiger partial charge in [0.05, 0.1) is 0 Å². The minimum absolute atomic E-state index is 0.0685. The number of hydrogen-bond donors (Lipinski definition) is 2. The van der Waals surface area contributed by atoms with Crippen LogP contribution in [0.5, 0.6) is 0 Å². The highest BCUT2D eigenvalue weighted by molar-refractivity contribution is 6.35. The predicted octanol–water partition coefficient (Wildman–Crippen LogP) is 2.55. The average molecular weight is 462 g/mol. The number of pyridine rings is 1. The Kier molecular flexibility index (Phi) is 6.02. The highest BCUT2D eigenvalue weighted by Crippen LogP contribution is 2.30. The van der Waals surface area contributed by atoms with Crippen LogP contribution in [-0.2, 0) is 15.1 Å². The van der Waals surface area contributed by atoms with Crippen LogP contribution in [0.15, 0.2) is 42.7 Å². The molecule has 0 saturated carbocycles. The van der Waals surface area contributed by atoms with Gasteiger partial charge in [-0.1, -0.05) is 29.3 Å². The number of halogens is 2. The molecule has 1 unspecified atom stereocenters. The van der Waals surface area contributed by atoms with E-state index in [-0.39, 0.29) is 18.7 Å². The van der Waals surface area contributed by atoms with E-state index in [2.05, 4.69) is 20.5 Å². The van der Waals surface area contributed by atoms with Gasteiger partial charge >= 0.3 is 6.03 Å². The second-order valence-corrected chi connectivity index (χ2v) is 8.42. The molecule has 4 amide bonds. The van der Waals surface area contributed by atoms with E-state index < -0.39 is 17.5 Å². The van der Waals surface area contributed by atoms with Gasteiger partial charge in [0.25, 0.3) is 5.91 Å². The minimum atomic E-state index is -1.29. The molecule has 0 spiro atoms. The SMILES string of the molecule is O=C1NC(=O)C(CCC(=O)N2CCN(c3cc(Cl)cc(Cl)c3)CC2)(c2cccnc2)N1. The van der Waals surface area contributed by atoms with E-state index in [1.54, 1.807) is 29.3 Å². The van der Waals surface area contributed by atoms with E-state index in [0.717, 1.165) is 5.69 Å². The molecule has 4 rings (SSSR count). The van der Waals surface area contributed by atoms with Crippen molar-refractivity contribution in [2.45, 2.75) is 18.4 Å². The van der Waals surface area contributed by atoms with Gasteiger partial charge in [0.2, 0.25) is 5.91 Å². The highest BCUT2D eigenvalue weighted by atomic mass is 35.5. The van der Waals surface area contributed by atoms with Crippen LogP contribution in [0.4, 0.5) is 10.5 Å². The number of hydrogen-bond acceptors (Lipinski definition) is 5. The Labute approximate surface area is 189 Å². The molecule has 0 radical (unpaired) electrons. The number of nitrogens with zero attached hydrogens (tertiary/aromatic N) is 3. The van der Waals surface area contributed by atoms with E-state index >= 15 is 0 Å². The molecule has 2 saturated heterocycles. The van der Waals surface area contributed by atoms with E-state index in [0.29, 0.717) is 41.8 Å². The fourth-order valence-corrected chi connectivity index (χ4v) is 4.53. The van der Waals surface area contributed by atoms with Crippen LogP contribution in [-0.4, -0.2) is 53.9 Å². The zero-order valence-electron chi connectivity index (χ0n) is 16.6. The van der Waals surface area contributed by atoms with Crippen molar-refractivity contribution >= 4 is 46.7 Å². The molecular formula is C21H21Cl2N5O3. The van der Waals surface area contributed by atoms with Gasteiger partial charge in [-0.15, -0.1) is 0 Å². The summed E-state index contributed by atoms with van der Waals surface area (Å²) in [6.45, 7) is 2.38. The van der Waals surface area contributed by atoms with Gasteiger partial charge in [-0.2, -0.15) is 0 Å². The maximum Gasteiger partial charge on any atom is 0.322 e. The summed E-state index contributed by atoms with van der Waals surface area (Å²) in [5, 5.41) is 6.10. The molecule has 2 aliphatic rings. The van der Waals surface area contributed by atoms with E-state index in [1.807, 2.05) is 12.1 Å². The van der Waals surface area contributed by atoms with Crippen LogP contribution in [0.1, 0.15) is 18.4 Å². The molecule has 10 heteroatoms. The molecule has 1 aromatic heterocycles. The predicted molar refractivity (Wildman–Crippen MR) is 117 cm³/mol. The normalized spacial score (nSPS) is 21.1. The maximum atomic E-state index is 12.9. The zero-order valence-corrected chi connectivity index (χ0v) is 18.1. The van der Waals surface area contributed by atoms with Crippen LogP contribution in [0.2, 0.25) is 10.0 Å². The second-order valence-electron chi connectivity index (χ2n) is 7.55. The Bertz CT molecular complexity index is 991. The fraction of sp³-hybridized carbons (Fsp3) is 0.333. The molecule has 1 aromatic carbocycles. The number of carbonyl (C=O) groups is 3. The number of amides is 4. The fourth-order valence-electron chi connectivity index (χ4n) is 4.02. The standard InChI is InChI=1S/C21H21Cl2N5O3/c22-15-10-16(23)12-17(11-15)27-6-8-28(9-7-27)18(29)3-4-21(14-2-1-5-24-13-14)19(30)25-20(31)26-21/h1-2,5,10-13H,3-4,6-9H2,(H2,25,26,30,31). The number of aromatic nitrogens is 1. The Hall–Kier alpha value is -2.84. The summed E-state index contributed by atoms with van der Waals surface area (Å²) < 4.78 is 0. The third-order valence-corrected chi connectivity index (χ3v) is 6.09. The topological polar surface area (TPSA) is 94.6 Å². The van der Waals surface area contributed by atoms with E-state index in [1.165, 1.54) is 6.20 Å². The van der Waals surface area contributed by atoms with Gasteiger partial charge in [-0.3, -0.25) is 19.9 Å². The zero-order chi connectivity index (χ0) is 22.0. The molecule has 0 aliphatic carbocycles. The van der Waals surface area contributed by atoms with Crippen molar-refractivity contribution in [1.29, 1.82) is 0 Å². The van der Waals surface area contributed by atoms with E-state index in [9.17, 15) is 14.4 Å². The third-order valence-electron chi connectivity index (χ3n) is 5.65. The molecule has 2 fully saturated rings. The summed E-state index contributed by atoms with van der Waals surface area (Å²) in [7, 11) is 0. The van der Waals surface area contributed by atoms with Gasteiger partial charge < -0.3 is 15.1 Å². The van der Waals surface area contributed by atoms with Crippen molar-refractivity contribution in [2.75, 3.05) is 31.1 Å². The van der Waals surface area contributed by atoms with Crippen LogP contribution in [0, 0.1) is 0 Å². The summed E-state index contributed by atoms with van der Waals surface area (Å²) >= 11 is 12.2. The van der Waals surface area contributed by atoms with E-state index in [4.69, 9.17) is 23.2 Å². The Morgan fingerprint density at radius 2 is 1.81 bits per heavy atom. The molecule has 3 heterocycles. The Morgan fingerprint density at radius 3 is 2.39 bits per heavy atom. The van der Waals surface area contributed by atoms with Gasteiger partial charge in [0.1, 0.15) is 5.54 Å². The van der Waals surface area contributed by atoms with Crippen LogP contribution < -0.4 is 15.5 Å². The van der Waals surface area contributed by atoms with Gasteiger partial charge in [-0.25, -0.2) is 4.79 Å². The summed E-state index contributed by atoms with van der Waals surface area (Å²) in [6, 6.07) is 8.22. The molecule has 162 valence electrons. The van der Waals surface area contributed by atoms with Gasteiger partial charge in [0.15, 0.2) is 0 Å². The Morgan fingerprint density at radius 1 is 1.10 bits per heavy atom. The lowest BCUT2D eigenvalue weighted by molar-refractivity contribution is -0.132. The summed E-state index contributed by atoms with van der Waals surface area (Å²) in [5.41, 5.74) is 0.180. The van der Waals surface area contributed by atoms with Crippen molar-refractivity contribution in [3.05, 3.63) is 58.3 Å². The average Bonchev–Trinajstić information content (AvgIpc) is 3.06. The van der Waals surface area contributed by atoms with Crippen LogP contribution in [0.3, 0.4) is 0 Å². The number of rotatable bonds is 5. The molecule has 2 aromatic rings. The number of anilines is 1. The highest BCUT2D eigenvalue weighted by Gasteiger charge is 2.48. The molecule has 2 N–H and O–H groups in total. The molecule has 1 atom stereocenters. The lowest BCUT2D eigenvalue weighted by Gasteiger charge is -2.37. The first-order chi connectivity index (χ1) is 14.9. The van der Waals surface area contributed by atoms with Crippen molar-refractivity contribution in [3.8, 4) is 0 Å². The lowest BCUT2D eigenvalue weighted by atomic mass is 9.86. The van der Waals surface area contributed by atoms with Crippen LogP contribution >= 0.6 is 23.2 Å². The quantitative estimate of drug-likeness (QED) is 0.667. The number of carbonyl (C=O) groups excluding carboxylic acids is 3. The summed E-state index contributed by atoms with van der Waals surface area (Å²) in [5.74, 6) is -0.540. The van der Waals surface area contributed by atoms with Gasteiger partial charge in [0, 0.05) is 66.3 Å². The monoisotopic (exact) mass is 461 g/mol. The first kappa shape index (κ1) is 21.4. The third kappa shape index (κ3) is 4.45. The molecule has 2 aliphatic heterocycles. The number of piperazine rings is 1. The molecule has 31 heavy (non-hydrogen) atoms. The van der Waals surface area contributed by atoms with Gasteiger partial charge in [-0.05, 0) is 30.7 Å². The van der Waals surface area contributed by atoms with Crippen molar-refractivity contribution in [3.63, 3.8) is 0 Å². The maximum absolute atomic E-state index is 12.9. The lowest BCUT2D eigenvalue weighted by Crippen LogP contribution is -2.50. The van der Waals surface area contributed by atoms with Crippen molar-refractivity contribution in [1.82, 2.24) is 20.5 Å². The number of imide groups is 1. The first-order valence-electron chi connectivity index (χ1n) is 9.90. The summed E-state index contributed by atoms with van der Waals surface area (Å²) in [4.78, 5) is 45.2. The molecule has 8 nitrogen and oxygen atoms in total. The largest absolute Gasteiger partial charge is 0.368 e. The molecular weight excluding hydrogens is 441 g/mol.